The third kappa shape index (κ3) is 2.21. The molecule has 1 saturated carbocycles. The molecule has 0 spiro atoms. The highest BCUT2D eigenvalue weighted by molar-refractivity contribution is 6.45. The fourth-order valence-electron chi connectivity index (χ4n) is 3.25. The van der Waals surface area contributed by atoms with Gasteiger partial charge in [-0.2, -0.15) is 0 Å². The molecular formula is C11H20BNO4. The molecule has 6 heteroatoms. The summed E-state index contributed by atoms with van der Waals surface area (Å²) in [5.74, 6) is -0.0485. The Morgan fingerprint density at radius 2 is 2.18 bits per heavy atom. The number of ether oxygens (including phenoxy) is 1. The molecule has 1 saturated heterocycles. The molecule has 1 unspecified atom stereocenters. The van der Waals surface area contributed by atoms with Crippen LogP contribution < -0.4 is 0 Å². The standard InChI is InChI=1S/C11H20BNO4/c1-3-17-11(15)10-7-4-5-9(14)8(7)6-13(10)12(2)16/h7-10,14,16H,3-6H2,1-2H3/t7-,8-,9?,10-/m0/s1. The molecule has 2 fully saturated rings. The van der Waals surface area contributed by atoms with Crippen molar-refractivity contribution in [2.75, 3.05) is 13.2 Å². The van der Waals surface area contributed by atoms with Gasteiger partial charge in [0.05, 0.1) is 12.7 Å². The number of carbonyl (C=O) groups excluding carboxylic acids is 1. The second kappa shape index (κ2) is 4.96. The van der Waals surface area contributed by atoms with Crippen LogP contribution in [-0.2, 0) is 9.53 Å². The Labute approximate surface area is 102 Å². The number of nitrogens with zero attached hydrogens (tertiary/aromatic N) is 1. The highest BCUT2D eigenvalue weighted by Gasteiger charge is 2.53. The Morgan fingerprint density at radius 3 is 2.76 bits per heavy atom. The summed E-state index contributed by atoms with van der Waals surface area (Å²) in [7, 11) is -0.679. The fourth-order valence-corrected chi connectivity index (χ4v) is 3.25. The van der Waals surface area contributed by atoms with Crippen LogP contribution in [0.15, 0.2) is 0 Å². The lowest BCUT2D eigenvalue weighted by molar-refractivity contribution is -0.148. The predicted octanol–water partition coefficient (Wildman–Crippen LogP) is -0.269. The van der Waals surface area contributed by atoms with Gasteiger partial charge >= 0.3 is 13.0 Å². The van der Waals surface area contributed by atoms with E-state index < -0.39 is 13.1 Å². The number of fused-ring (bicyclic) bond motifs is 1. The number of aliphatic hydroxyl groups excluding tert-OH is 1. The molecule has 96 valence electrons. The molecule has 1 aliphatic carbocycles. The summed E-state index contributed by atoms with van der Waals surface area (Å²) in [6.07, 6.45) is 1.23. The molecule has 2 N–H and O–H groups in total. The summed E-state index contributed by atoms with van der Waals surface area (Å²) in [5, 5.41) is 19.6. The first-order chi connectivity index (χ1) is 8.06. The van der Waals surface area contributed by atoms with E-state index in [1.807, 2.05) is 0 Å². The van der Waals surface area contributed by atoms with E-state index in [4.69, 9.17) is 4.74 Å². The highest BCUT2D eigenvalue weighted by Crippen LogP contribution is 2.42. The van der Waals surface area contributed by atoms with Gasteiger partial charge in [-0.05, 0) is 39.1 Å². The fraction of sp³-hybridized carbons (Fsp3) is 0.909. The van der Waals surface area contributed by atoms with Gasteiger partial charge in [0.1, 0.15) is 6.04 Å². The van der Waals surface area contributed by atoms with Crippen LogP contribution in [0.2, 0.25) is 6.82 Å². The number of carbonyl (C=O) groups is 1. The largest absolute Gasteiger partial charge is 0.465 e. The third-order valence-corrected chi connectivity index (χ3v) is 4.03. The topological polar surface area (TPSA) is 70.0 Å². The third-order valence-electron chi connectivity index (χ3n) is 4.03. The van der Waals surface area contributed by atoms with Crippen LogP contribution in [0.4, 0.5) is 0 Å². The van der Waals surface area contributed by atoms with Crippen molar-refractivity contribution >= 4 is 13.0 Å². The summed E-state index contributed by atoms with van der Waals surface area (Å²) >= 11 is 0. The van der Waals surface area contributed by atoms with Gasteiger partial charge in [0.15, 0.2) is 0 Å². The smallest absolute Gasteiger partial charge is 0.377 e. The average molecular weight is 241 g/mol. The number of hydrogen-bond acceptors (Lipinski definition) is 5. The van der Waals surface area contributed by atoms with Gasteiger partial charge in [0, 0.05) is 5.92 Å². The van der Waals surface area contributed by atoms with Crippen LogP contribution in [0.25, 0.3) is 0 Å². The van der Waals surface area contributed by atoms with Crippen molar-refractivity contribution in [2.45, 2.75) is 38.7 Å². The summed E-state index contributed by atoms with van der Waals surface area (Å²) < 4.78 is 5.08. The molecule has 2 aliphatic rings. The molecule has 1 heterocycles. The molecule has 5 nitrogen and oxygen atoms in total. The molecule has 0 bridgehead atoms. The molecule has 1 aliphatic heterocycles. The van der Waals surface area contributed by atoms with Gasteiger partial charge in [-0.25, -0.2) is 0 Å². The van der Waals surface area contributed by atoms with Gasteiger partial charge in [-0.3, -0.25) is 4.79 Å². The molecule has 0 aromatic heterocycles. The number of aliphatic hydroxyl groups is 1. The summed E-state index contributed by atoms with van der Waals surface area (Å²) in [5.41, 5.74) is 0. The summed E-state index contributed by atoms with van der Waals surface area (Å²) in [6.45, 7) is 4.36. The average Bonchev–Trinajstić information content (AvgIpc) is 2.79. The zero-order valence-electron chi connectivity index (χ0n) is 10.4. The van der Waals surface area contributed by atoms with E-state index in [9.17, 15) is 14.9 Å². The van der Waals surface area contributed by atoms with Gasteiger partial charge in [0.25, 0.3) is 0 Å². The summed E-state index contributed by atoms with van der Waals surface area (Å²) in [4.78, 5) is 13.7. The Hall–Kier alpha value is -0.585. The lowest BCUT2D eigenvalue weighted by atomic mass is 9.83. The Bertz CT molecular complexity index is 297. The zero-order valence-corrected chi connectivity index (χ0v) is 10.4. The van der Waals surface area contributed by atoms with Crippen LogP contribution in [0, 0.1) is 11.8 Å². The van der Waals surface area contributed by atoms with Crippen LogP contribution in [0.5, 0.6) is 0 Å². The van der Waals surface area contributed by atoms with Crippen LogP contribution >= 0.6 is 0 Å². The minimum Gasteiger partial charge on any atom is -0.465 e. The van der Waals surface area contributed by atoms with E-state index in [1.54, 1.807) is 18.6 Å². The van der Waals surface area contributed by atoms with Crippen LogP contribution in [0.1, 0.15) is 19.8 Å². The molecule has 0 aromatic carbocycles. The van der Waals surface area contributed by atoms with Crippen LogP contribution in [0.3, 0.4) is 0 Å². The Morgan fingerprint density at radius 1 is 1.47 bits per heavy atom. The highest BCUT2D eigenvalue weighted by atomic mass is 16.5. The molecular weight excluding hydrogens is 221 g/mol. The molecule has 4 atom stereocenters. The van der Waals surface area contributed by atoms with Gasteiger partial charge in [-0.15, -0.1) is 0 Å². The van der Waals surface area contributed by atoms with E-state index in [1.165, 1.54) is 0 Å². The van der Waals surface area contributed by atoms with E-state index in [-0.39, 0.29) is 23.9 Å². The SMILES string of the molecule is CCOC(=O)[C@@H]1[C@H]2CCC(O)[C@H]2CN1B(C)O. The molecule has 0 amide bonds. The molecule has 0 aromatic rings. The lowest BCUT2D eigenvalue weighted by Gasteiger charge is -2.26. The van der Waals surface area contributed by atoms with E-state index in [0.717, 1.165) is 12.8 Å². The van der Waals surface area contributed by atoms with Crippen molar-refractivity contribution in [3.05, 3.63) is 0 Å². The monoisotopic (exact) mass is 241 g/mol. The van der Waals surface area contributed by atoms with Crippen molar-refractivity contribution in [1.29, 1.82) is 0 Å². The maximum absolute atomic E-state index is 12.0. The van der Waals surface area contributed by atoms with Gasteiger partial charge < -0.3 is 19.7 Å². The van der Waals surface area contributed by atoms with E-state index in [0.29, 0.717) is 13.2 Å². The van der Waals surface area contributed by atoms with Gasteiger partial charge in [0.2, 0.25) is 0 Å². The van der Waals surface area contributed by atoms with E-state index >= 15 is 0 Å². The molecule has 17 heavy (non-hydrogen) atoms. The van der Waals surface area contributed by atoms with Crippen molar-refractivity contribution < 1.29 is 19.7 Å². The minimum absolute atomic E-state index is 0.0963. The number of rotatable bonds is 3. The molecule has 2 rings (SSSR count). The predicted molar refractivity (Wildman–Crippen MR) is 63.2 cm³/mol. The maximum Gasteiger partial charge on any atom is 0.377 e. The van der Waals surface area contributed by atoms with Crippen LogP contribution in [-0.4, -0.2) is 53.3 Å². The number of esters is 1. The van der Waals surface area contributed by atoms with Crippen molar-refractivity contribution in [2.24, 2.45) is 11.8 Å². The molecule has 0 radical (unpaired) electrons. The van der Waals surface area contributed by atoms with Crippen molar-refractivity contribution in [3.63, 3.8) is 0 Å². The lowest BCUT2D eigenvalue weighted by Crippen LogP contribution is -2.47. The quantitative estimate of drug-likeness (QED) is 0.525. The first kappa shape index (κ1) is 12.9. The Balaban J connectivity index is 2.16. The zero-order chi connectivity index (χ0) is 12.6. The Kier molecular flexibility index (Phi) is 3.75. The van der Waals surface area contributed by atoms with Crippen molar-refractivity contribution in [1.82, 2.24) is 4.81 Å². The normalized spacial score (nSPS) is 36.9. The second-order valence-electron chi connectivity index (χ2n) is 5.00. The van der Waals surface area contributed by atoms with E-state index in [2.05, 4.69) is 0 Å². The maximum atomic E-state index is 12.0. The first-order valence-electron chi connectivity index (χ1n) is 6.34. The number of hydrogen-bond donors (Lipinski definition) is 2. The minimum atomic E-state index is -0.679. The first-order valence-corrected chi connectivity index (χ1v) is 6.34. The van der Waals surface area contributed by atoms with Gasteiger partial charge in [-0.1, -0.05) is 0 Å². The van der Waals surface area contributed by atoms with Crippen molar-refractivity contribution in [3.8, 4) is 0 Å². The second-order valence-corrected chi connectivity index (χ2v) is 5.00. The summed E-state index contributed by atoms with van der Waals surface area (Å²) in [6, 6.07) is -0.392.